The molecule has 0 spiro atoms. The van der Waals surface area contributed by atoms with E-state index in [9.17, 15) is 4.79 Å². The van der Waals surface area contributed by atoms with E-state index in [1.807, 2.05) is 39.8 Å². The van der Waals surface area contributed by atoms with Crippen molar-refractivity contribution in [3.05, 3.63) is 80.7 Å². The predicted molar refractivity (Wildman–Crippen MR) is 173 cm³/mol. The number of carbonyl (C=O) groups excluding carboxylic acids is 1. The lowest BCUT2D eigenvalue weighted by molar-refractivity contribution is -0.108. The molecule has 0 fully saturated rings. The molecule has 0 saturated carbocycles. The first-order valence-electron chi connectivity index (χ1n) is 13.8. The Hall–Kier alpha value is -3.55. The number of methoxy groups -OCH3 is 2. The summed E-state index contributed by atoms with van der Waals surface area (Å²) in [5, 5.41) is 0. The van der Waals surface area contributed by atoms with Crippen molar-refractivity contribution < 1.29 is 14.3 Å². The third-order valence-electron chi connectivity index (χ3n) is 6.84. The maximum Gasteiger partial charge on any atom is 0.133 e. The zero-order valence-electron chi connectivity index (χ0n) is 26.8. The molecule has 0 N–H and O–H groups in total. The van der Waals surface area contributed by atoms with Gasteiger partial charge in [-0.15, -0.1) is 0 Å². The predicted octanol–water partition coefficient (Wildman–Crippen LogP) is 7.40. The van der Waals surface area contributed by atoms with Crippen molar-refractivity contribution in [3.63, 3.8) is 0 Å². The van der Waals surface area contributed by atoms with Crippen molar-refractivity contribution in [1.29, 1.82) is 0 Å². The molecule has 0 atom stereocenters. The van der Waals surface area contributed by atoms with Crippen LogP contribution in [0.25, 0.3) is 22.3 Å². The van der Waals surface area contributed by atoms with Gasteiger partial charge in [0.25, 0.3) is 0 Å². The van der Waals surface area contributed by atoms with Crippen molar-refractivity contribution in [3.8, 4) is 28.0 Å². The van der Waals surface area contributed by atoms with E-state index >= 15 is 0 Å². The van der Waals surface area contributed by atoms with Crippen molar-refractivity contribution in [2.24, 2.45) is 0 Å². The molecule has 7 heteroatoms. The molecule has 4 rings (SSSR count). The van der Waals surface area contributed by atoms with E-state index in [0.717, 1.165) is 25.0 Å². The van der Waals surface area contributed by atoms with E-state index in [1.54, 1.807) is 14.2 Å². The lowest BCUT2D eigenvalue weighted by atomic mass is 9.84. The molecule has 3 aromatic carbocycles. The van der Waals surface area contributed by atoms with Gasteiger partial charge in [0.2, 0.25) is 0 Å². The zero-order valence-corrected chi connectivity index (χ0v) is 26.8. The molecule has 1 aliphatic heterocycles. The summed E-state index contributed by atoms with van der Waals surface area (Å²) in [6.07, 6.45) is 1.91. The molecule has 224 valence electrons. The molecule has 0 amide bonds. The van der Waals surface area contributed by atoms with E-state index in [2.05, 4.69) is 81.2 Å². The number of hydrogen-bond acceptors (Lipinski definition) is 7. The number of aryl methyl sites for hydroxylation is 1. The molecule has 0 aromatic heterocycles. The molecule has 3 aromatic rings. The molecule has 7 nitrogen and oxygen atoms in total. The molecule has 1 heterocycles. The quantitative estimate of drug-likeness (QED) is 0.299. The van der Waals surface area contributed by atoms with Gasteiger partial charge in [0.15, 0.2) is 0 Å². The molecule has 0 radical (unpaired) electrons. The van der Waals surface area contributed by atoms with Crippen LogP contribution in [-0.2, 0) is 22.5 Å². The normalized spacial score (nSPS) is 11.5. The number of benzene rings is 3. The van der Waals surface area contributed by atoms with Gasteiger partial charge < -0.3 is 24.1 Å². The second kappa shape index (κ2) is 16.7. The summed E-state index contributed by atoms with van der Waals surface area (Å²) in [5.41, 5.74) is 12.2. The topological polar surface area (TPSA) is 76.2 Å². The summed E-state index contributed by atoms with van der Waals surface area (Å²) < 4.78 is 10.4. The van der Waals surface area contributed by atoms with Crippen molar-refractivity contribution in [1.82, 2.24) is 4.90 Å². The summed E-state index contributed by atoms with van der Waals surface area (Å²) in [4.78, 5) is 27.8. The maximum atomic E-state index is 9.57. The van der Waals surface area contributed by atoms with Crippen LogP contribution in [0.1, 0.15) is 49.9 Å². The van der Waals surface area contributed by atoms with E-state index in [1.165, 1.54) is 50.2 Å². The average molecular weight is 565 g/mol. The minimum Gasteiger partial charge on any atom is -0.497 e. The third kappa shape index (κ3) is 10.1. The Balaban J connectivity index is 0.000000503. The third-order valence-corrected chi connectivity index (χ3v) is 6.84. The van der Waals surface area contributed by atoms with Crippen LogP contribution in [0.15, 0.2) is 48.5 Å². The van der Waals surface area contributed by atoms with Crippen molar-refractivity contribution in [2.75, 3.05) is 46.8 Å². The van der Waals surface area contributed by atoms with Crippen molar-refractivity contribution >= 4 is 12.0 Å². The van der Waals surface area contributed by atoms with Crippen LogP contribution in [0, 0.1) is 23.8 Å². The number of likely N-dealkylation sites (N-methyl/N-ethyl adjacent to an activating group) is 1. The van der Waals surface area contributed by atoms with Gasteiger partial charge in [0, 0.05) is 41.9 Å². The van der Waals surface area contributed by atoms with Crippen LogP contribution in [0.2, 0.25) is 0 Å². The van der Waals surface area contributed by atoms with E-state index in [4.69, 9.17) is 19.4 Å². The smallest absolute Gasteiger partial charge is 0.133 e. The number of hydrogen-bond donors (Lipinski definition) is 0. The van der Waals surface area contributed by atoms with Gasteiger partial charge in [0.05, 0.1) is 19.3 Å². The van der Waals surface area contributed by atoms with Crippen LogP contribution < -0.4 is 9.64 Å². The van der Waals surface area contributed by atoms with Crippen LogP contribution in [0.5, 0.6) is 5.75 Å². The molecule has 1 aliphatic rings. The molecule has 0 unspecified atom stereocenters. The second-order valence-electron chi connectivity index (χ2n) is 11.3. The van der Waals surface area contributed by atoms with Crippen LogP contribution in [0.3, 0.4) is 0 Å². The van der Waals surface area contributed by atoms with E-state index in [-0.39, 0.29) is 5.60 Å². The van der Waals surface area contributed by atoms with E-state index < -0.39 is 0 Å². The van der Waals surface area contributed by atoms with Gasteiger partial charge in [-0.25, -0.2) is 0 Å². The van der Waals surface area contributed by atoms with Crippen molar-refractivity contribution in [2.45, 2.75) is 60.1 Å². The minimum atomic E-state index is 0.0417. The van der Waals surface area contributed by atoms with E-state index in [0.29, 0.717) is 6.54 Å². The minimum absolute atomic E-state index is 0.0417. The zero-order chi connectivity index (χ0) is 31.3. The highest BCUT2D eigenvalue weighted by atomic mass is 16.7. The maximum absolute atomic E-state index is 9.57. The Labute approximate surface area is 246 Å². The average Bonchev–Trinajstić information content (AvgIpc) is 2.94. The summed E-state index contributed by atoms with van der Waals surface area (Å²) in [5.74, 6) is 0.922. The van der Waals surface area contributed by atoms with Gasteiger partial charge in [-0.3, -0.25) is 0 Å². The highest BCUT2D eigenvalue weighted by molar-refractivity contribution is 5.91. The molecule has 41 heavy (non-hydrogen) atoms. The number of anilines is 1. The monoisotopic (exact) mass is 564 g/mol. The van der Waals surface area contributed by atoms with Gasteiger partial charge in [0.1, 0.15) is 12.0 Å². The molecular formula is C34H48N2O5. The van der Waals surface area contributed by atoms with Gasteiger partial charge in [-0.1, -0.05) is 42.8 Å². The number of ether oxygens (including phenoxy) is 2. The number of carbonyl (C=O) groups is 1. The van der Waals surface area contributed by atoms with Gasteiger partial charge in [-0.05, 0) is 107 Å². The van der Waals surface area contributed by atoms with Crippen LogP contribution >= 0.6 is 0 Å². The molecule has 0 saturated heterocycles. The lowest BCUT2D eigenvalue weighted by Gasteiger charge is -2.33. The standard InChI is InChI=1S/C25H27NO.C5H12O.C4H9NO.O2/c1-6-21-17(3)25-24(14-23(21)18-9-7-16(2)8-10-18)22-12-11-20(27-5)13-19(22)15-26(25)4;1-5(2,3)6-4;1-5(2)3-4-6;1-2/h7-14H,6,15H2,1-5H3;1-4H3;4H,3H2,1-2H3;. The fraction of sp³-hybridized carbons (Fsp3) is 0.441. The first-order valence-corrected chi connectivity index (χ1v) is 13.8. The van der Waals surface area contributed by atoms with Gasteiger partial charge >= 0.3 is 0 Å². The fourth-order valence-electron chi connectivity index (χ4n) is 4.56. The highest BCUT2D eigenvalue weighted by Crippen LogP contribution is 2.45. The Kier molecular flexibility index (Phi) is 14.4. The summed E-state index contributed by atoms with van der Waals surface area (Å²) in [7, 11) is 9.34. The molecule has 0 aliphatic carbocycles. The van der Waals surface area contributed by atoms with Crippen LogP contribution in [0.4, 0.5) is 5.69 Å². The lowest BCUT2D eigenvalue weighted by Crippen LogP contribution is -2.23. The molecular weight excluding hydrogens is 516 g/mol. The Morgan fingerprint density at radius 1 is 0.927 bits per heavy atom. The summed E-state index contributed by atoms with van der Waals surface area (Å²) >= 11 is 0. The first kappa shape index (κ1) is 35.5. The SMILES string of the molecule is CCc1c(-c2ccc(C)cc2)cc2c(c1C)N(C)Cc1cc(OC)ccc1-2.CN(C)CC=O.COC(C)(C)C.O=O. The molecule has 0 bridgehead atoms. The summed E-state index contributed by atoms with van der Waals surface area (Å²) in [6.45, 7) is 14.2. The summed E-state index contributed by atoms with van der Waals surface area (Å²) in [6, 6.07) is 17.7. The largest absolute Gasteiger partial charge is 0.497 e. The fourth-order valence-corrected chi connectivity index (χ4v) is 4.56. The Morgan fingerprint density at radius 3 is 1.95 bits per heavy atom. The number of aldehydes is 1. The van der Waals surface area contributed by atoms with Gasteiger partial charge in [-0.2, -0.15) is 0 Å². The first-order chi connectivity index (χ1) is 19.4. The second-order valence-corrected chi connectivity index (χ2v) is 11.3. The number of rotatable bonds is 5. The number of nitrogens with zero attached hydrogens (tertiary/aromatic N) is 2. The van der Waals surface area contributed by atoms with Crippen LogP contribution in [-0.4, -0.2) is 58.7 Å². The number of fused-ring (bicyclic) bond motifs is 3. The Bertz CT molecular complexity index is 1250. The Morgan fingerprint density at radius 2 is 1.51 bits per heavy atom. The highest BCUT2D eigenvalue weighted by Gasteiger charge is 2.25.